The van der Waals surface area contributed by atoms with Gasteiger partial charge in [-0.15, -0.1) is 0 Å². The number of hydrogen-bond acceptors (Lipinski definition) is 4. The molecule has 0 aliphatic carbocycles. The molecule has 1 aromatic carbocycles. The fourth-order valence-electron chi connectivity index (χ4n) is 1.82. The lowest BCUT2D eigenvalue weighted by Crippen LogP contribution is -2.18. The molecule has 0 aliphatic heterocycles. The average Bonchev–Trinajstić information content (AvgIpc) is 2.44. The Hall–Kier alpha value is -1.55. The molecule has 0 aromatic heterocycles. The third-order valence-electron chi connectivity index (χ3n) is 2.95. The highest BCUT2D eigenvalue weighted by Crippen LogP contribution is 2.23. The van der Waals surface area contributed by atoms with Gasteiger partial charge in [0.1, 0.15) is 5.75 Å². The molecule has 0 bridgehead atoms. The quantitative estimate of drug-likeness (QED) is 0.558. The highest BCUT2D eigenvalue weighted by atomic mass is 16.6. The predicted molar refractivity (Wildman–Crippen MR) is 79.9 cm³/mol. The minimum atomic E-state index is -0.309. The largest absolute Gasteiger partial charge is 0.481 e. The van der Waals surface area contributed by atoms with E-state index in [1.54, 1.807) is 0 Å². The van der Waals surface area contributed by atoms with Crippen molar-refractivity contribution in [2.45, 2.75) is 40.2 Å². The molecule has 1 aromatic rings. The highest BCUT2D eigenvalue weighted by Gasteiger charge is 2.10. The van der Waals surface area contributed by atoms with Crippen LogP contribution in [0.1, 0.15) is 37.8 Å². The predicted octanol–water partition coefficient (Wildman–Crippen LogP) is 2.83. The second kappa shape index (κ2) is 9.37. The lowest BCUT2D eigenvalue weighted by atomic mass is 10.1. The van der Waals surface area contributed by atoms with Gasteiger partial charge in [0.05, 0.1) is 6.61 Å². The summed E-state index contributed by atoms with van der Waals surface area (Å²) in [6.45, 7) is 8.16. The number of nitrogens with one attached hydrogen (secondary N) is 1. The van der Waals surface area contributed by atoms with Crippen LogP contribution in [0.15, 0.2) is 18.2 Å². The SMILES string of the molecule is CCCCOC(=O)COc1c(C)cccc1CNCC. The van der Waals surface area contributed by atoms with Gasteiger partial charge in [-0.1, -0.05) is 38.5 Å². The first-order valence-electron chi connectivity index (χ1n) is 7.26. The average molecular weight is 279 g/mol. The maximum absolute atomic E-state index is 11.6. The summed E-state index contributed by atoms with van der Waals surface area (Å²) >= 11 is 0. The van der Waals surface area contributed by atoms with E-state index in [0.717, 1.165) is 42.8 Å². The minimum absolute atomic E-state index is 0.0340. The lowest BCUT2D eigenvalue weighted by molar-refractivity contribution is -0.146. The van der Waals surface area contributed by atoms with Gasteiger partial charge in [0.15, 0.2) is 6.61 Å². The zero-order valence-corrected chi connectivity index (χ0v) is 12.7. The van der Waals surface area contributed by atoms with Crippen molar-refractivity contribution in [1.29, 1.82) is 0 Å². The summed E-state index contributed by atoms with van der Waals surface area (Å²) < 4.78 is 10.7. The van der Waals surface area contributed by atoms with Crippen molar-refractivity contribution in [3.8, 4) is 5.75 Å². The van der Waals surface area contributed by atoms with Crippen LogP contribution in [-0.2, 0) is 16.1 Å². The second-order valence-corrected chi connectivity index (χ2v) is 4.71. The van der Waals surface area contributed by atoms with Gasteiger partial charge in [0, 0.05) is 12.1 Å². The molecule has 1 N–H and O–H groups in total. The summed E-state index contributed by atoms with van der Waals surface area (Å²) in [5.41, 5.74) is 2.09. The van der Waals surface area contributed by atoms with Crippen LogP contribution in [0, 0.1) is 6.92 Å². The Labute approximate surface area is 121 Å². The third-order valence-corrected chi connectivity index (χ3v) is 2.95. The summed E-state index contributed by atoms with van der Waals surface area (Å²) in [5, 5.41) is 3.27. The Morgan fingerprint density at radius 1 is 1.30 bits per heavy atom. The summed E-state index contributed by atoms with van der Waals surface area (Å²) in [6.07, 6.45) is 1.90. The van der Waals surface area contributed by atoms with E-state index in [1.807, 2.05) is 25.1 Å². The number of esters is 1. The molecule has 112 valence electrons. The molecule has 0 heterocycles. The van der Waals surface area contributed by atoms with Gasteiger partial charge < -0.3 is 14.8 Å². The van der Waals surface area contributed by atoms with Crippen molar-refractivity contribution >= 4 is 5.97 Å². The van der Waals surface area contributed by atoms with Gasteiger partial charge in [-0.3, -0.25) is 0 Å². The molecular formula is C16H25NO3. The van der Waals surface area contributed by atoms with Crippen molar-refractivity contribution in [3.05, 3.63) is 29.3 Å². The van der Waals surface area contributed by atoms with Crippen LogP contribution >= 0.6 is 0 Å². The molecule has 0 unspecified atom stereocenters. The number of carbonyl (C=O) groups is 1. The van der Waals surface area contributed by atoms with E-state index in [0.29, 0.717) is 6.61 Å². The van der Waals surface area contributed by atoms with Gasteiger partial charge >= 0.3 is 5.97 Å². The van der Waals surface area contributed by atoms with Crippen molar-refractivity contribution < 1.29 is 14.3 Å². The smallest absolute Gasteiger partial charge is 0.344 e. The normalized spacial score (nSPS) is 10.3. The van der Waals surface area contributed by atoms with E-state index < -0.39 is 0 Å². The van der Waals surface area contributed by atoms with Crippen LogP contribution in [0.5, 0.6) is 5.75 Å². The van der Waals surface area contributed by atoms with Crippen molar-refractivity contribution in [1.82, 2.24) is 5.32 Å². The number of ether oxygens (including phenoxy) is 2. The molecule has 0 atom stereocenters. The maximum Gasteiger partial charge on any atom is 0.344 e. The summed E-state index contributed by atoms with van der Waals surface area (Å²) in [7, 11) is 0. The second-order valence-electron chi connectivity index (χ2n) is 4.71. The molecule has 0 fully saturated rings. The van der Waals surface area contributed by atoms with Crippen LogP contribution in [0.4, 0.5) is 0 Å². The molecule has 0 saturated carbocycles. The summed E-state index contributed by atoms with van der Waals surface area (Å²) in [4.78, 5) is 11.6. The van der Waals surface area contributed by atoms with Crippen LogP contribution in [-0.4, -0.2) is 25.7 Å². The third kappa shape index (κ3) is 5.61. The summed E-state index contributed by atoms with van der Waals surface area (Å²) in [6, 6.07) is 5.98. The number of carbonyl (C=O) groups excluding carboxylic acids is 1. The fourth-order valence-corrected chi connectivity index (χ4v) is 1.82. The number of aryl methyl sites for hydroxylation is 1. The standard InChI is InChI=1S/C16H25NO3/c1-4-6-10-19-15(18)12-20-16-13(3)8-7-9-14(16)11-17-5-2/h7-9,17H,4-6,10-12H2,1-3H3. The Bertz CT molecular complexity index is 418. The first kappa shape index (κ1) is 16.5. The molecule has 0 aliphatic rings. The Kier molecular flexibility index (Phi) is 7.73. The molecule has 0 radical (unpaired) electrons. The topological polar surface area (TPSA) is 47.6 Å². The van der Waals surface area contributed by atoms with Crippen LogP contribution < -0.4 is 10.1 Å². The Morgan fingerprint density at radius 2 is 2.10 bits per heavy atom. The molecule has 20 heavy (non-hydrogen) atoms. The van der Waals surface area contributed by atoms with E-state index in [1.165, 1.54) is 0 Å². The molecule has 1 rings (SSSR count). The van der Waals surface area contributed by atoms with Crippen molar-refractivity contribution in [2.24, 2.45) is 0 Å². The maximum atomic E-state index is 11.6. The zero-order valence-electron chi connectivity index (χ0n) is 12.7. The van der Waals surface area contributed by atoms with Crippen LogP contribution in [0.25, 0.3) is 0 Å². The Balaban J connectivity index is 2.55. The monoisotopic (exact) mass is 279 g/mol. The summed E-state index contributed by atoms with van der Waals surface area (Å²) in [5.74, 6) is 0.469. The molecule has 4 nitrogen and oxygen atoms in total. The minimum Gasteiger partial charge on any atom is -0.481 e. The van der Waals surface area contributed by atoms with Crippen molar-refractivity contribution in [2.75, 3.05) is 19.8 Å². The van der Waals surface area contributed by atoms with E-state index in [-0.39, 0.29) is 12.6 Å². The Morgan fingerprint density at radius 3 is 2.80 bits per heavy atom. The number of hydrogen-bond donors (Lipinski definition) is 1. The number of para-hydroxylation sites is 1. The van der Waals surface area contributed by atoms with Crippen molar-refractivity contribution in [3.63, 3.8) is 0 Å². The van der Waals surface area contributed by atoms with Crippen LogP contribution in [0.2, 0.25) is 0 Å². The van der Waals surface area contributed by atoms with Gasteiger partial charge in [-0.05, 0) is 25.5 Å². The number of rotatable bonds is 9. The molecular weight excluding hydrogens is 254 g/mol. The number of benzene rings is 1. The van der Waals surface area contributed by atoms with Gasteiger partial charge in [0.2, 0.25) is 0 Å². The van der Waals surface area contributed by atoms with Gasteiger partial charge in [-0.2, -0.15) is 0 Å². The van der Waals surface area contributed by atoms with E-state index in [9.17, 15) is 4.79 Å². The van der Waals surface area contributed by atoms with Gasteiger partial charge in [0.25, 0.3) is 0 Å². The fraction of sp³-hybridized carbons (Fsp3) is 0.562. The molecule has 0 spiro atoms. The molecule has 0 amide bonds. The highest BCUT2D eigenvalue weighted by molar-refractivity contribution is 5.71. The first-order valence-corrected chi connectivity index (χ1v) is 7.26. The first-order chi connectivity index (χ1) is 9.69. The zero-order chi connectivity index (χ0) is 14.8. The number of unbranched alkanes of at least 4 members (excludes halogenated alkanes) is 1. The van der Waals surface area contributed by atoms with Crippen LogP contribution in [0.3, 0.4) is 0 Å². The van der Waals surface area contributed by atoms with E-state index >= 15 is 0 Å². The lowest BCUT2D eigenvalue weighted by Gasteiger charge is -2.14. The van der Waals surface area contributed by atoms with Gasteiger partial charge in [-0.25, -0.2) is 4.79 Å². The van der Waals surface area contributed by atoms with E-state index in [2.05, 4.69) is 19.2 Å². The molecule has 0 saturated heterocycles. The van der Waals surface area contributed by atoms with E-state index in [4.69, 9.17) is 9.47 Å². The molecule has 4 heteroatoms.